The summed E-state index contributed by atoms with van der Waals surface area (Å²) in [5, 5.41) is 8.53. The average molecular weight is 217 g/mol. The summed E-state index contributed by atoms with van der Waals surface area (Å²) in [5.74, 6) is -1.07. The Labute approximate surface area is 85.4 Å². The van der Waals surface area contributed by atoms with E-state index in [0.29, 0.717) is 0 Å². The lowest BCUT2D eigenvalue weighted by molar-refractivity contribution is -0.146. The Morgan fingerprint density at radius 3 is 2.43 bits per heavy atom. The zero-order valence-corrected chi connectivity index (χ0v) is 8.54. The fraction of sp³-hybridized carbons (Fsp3) is 0.625. The van der Waals surface area contributed by atoms with E-state index in [4.69, 9.17) is 5.11 Å². The maximum Gasteiger partial charge on any atom is 0.305 e. The highest BCUT2D eigenvalue weighted by Gasteiger charge is 2.31. The fourth-order valence-corrected chi connectivity index (χ4v) is 2.07. The van der Waals surface area contributed by atoms with Gasteiger partial charge < -0.3 is 5.11 Å². The van der Waals surface area contributed by atoms with Crippen molar-refractivity contribution in [3.05, 3.63) is 0 Å². The van der Waals surface area contributed by atoms with Crippen LogP contribution in [0.5, 0.6) is 0 Å². The molecule has 0 aliphatic carbocycles. The molecule has 0 aromatic rings. The van der Waals surface area contributed by atoms with Crippen molar-refractivity contribution in [2.24, 2.45) is 0 Å². The van der Waals surface area contributed by atoms with E-state index < -0.39 is 12.0 Å². The van der Waals surface area contributed by atoms with Crippen LogP contribution < -0.4 is 0 Å². The number of imide groups is 1. The third-order valence-corrected chi connectivity index (χ3v) is 2.80. The lowest BCUT2D eigenvalue weighted by Gasteiger charge is -2.29. The Morgan fingerprint density at radius 1 is 1.50 bits per heavy atom. The van der Waals surface area contributed by atoms with E-state index in [1.165, 1.54) is 11.8 Å². The molecule has 1 aliphatic heterocycles. The van der Waals surface area contributed by atoms with Gasteiger partial charge in [0.05, 0.1) is 17.9 Å². The number of carbonyl (C=O) groups is 3. The first-order chi connectivity index (χ1) is 6.52. The lowest BCUT2D eigenvalue weighted by Crippen LogP contribution is -2.48. The molecule has 1 atom stereocenters. The molecule has 1 unspecified atom stereocenters. The van der Waals surface area contributed by atoms with Crippen LogP contribution in [-0.2, 0) is 14.4 Å². The largest absolute Gasteiger partial charge is 0.481 e. The highest BCUT2D eigenvalue weighted by molar-refractivity contribution is 8.00. The van der Waals surface area contributed by atoms with Crippen molar-refractivity contribution in [1.82, 2.24) is 4.90 Å². The molecule has 6 heteroatoms. The van der Waals surface area contributed by atoms with Gasteiger partial charge in [-0.15, -0.1) is 11.8 Å². The van der Waals surface area contributed by atoms with Crippen molar-refractivity contribution < 1.29 is 19.5 Å². The first-order valence-electron chi connectivity index (χ1n) is 4.17. The Morgan fingerprint density at radius 2 is 2.00 bits per heavy atom. The summed E-state index contributed by atoms with van der Waals surface area (Å²) in [7, 11) is 0. The summed E-state index contributed by atoms with van der Waals surface area (Å²) in [5.41, 5.74) is 0. The number of carboxylic acid groups (broad SMARTS) is 1. The highest BCUT2D eigenvalue weighted by atomic mass is 32.2. The van der Waals surface area contributed by atoms with Crippen molar-refractivity contribution >= 4 is 29.5 Å². The van der Waals surface area contributed by atoms with Gasteiger partial charge >= 0.3 is 5.97 Å². The number of hydrogen-bond donors (Lipinski definition) is 1. The molecule has 0 saturated carbocycles. The predicted molar refractivity (Wildman–Crippen MR) is 50.9 cm³/mol. The maximum atomic E-state index is 11.3. The van der Waals surface area contributed by atoms with Gasteiger partial charge in [0.2, 0.25) is 11.8 Å². The van der Waals surface area contributed by atoms with Crippen molar-refractivity contribution in [2.75, 3.05) is 11.5 Å². The topological polar surface area (TPSA) is 74.7 Å². The molecule has 0 spiro atoms. The molecule has 14 heavy (non-hydrogen) atoms. The standard InChI is InChI=1S/C8H11NO4S/c1-5(2-8(12)13)9-6(10)3-14-4-7(9)11/h5H,2-4H2,1H3,(H,12,13). The zero-order chi connectivity index (χ0) is 10.7. The smallest absolute Gasteiger partial charge is 0.305 e. The number of hydrogen-bond acceptors (Lipinski definition) is 4. The molecule has 1 saturated heterocycles. The van der Waals surface area contributed by atoms with Gasteiger partial charge in [0.1, 0.15) is 0 Å². The second-order valence-corrected chi connectivity index (χ2v) is 4.08. The van der Waals surface area contributed by atoms with Gasteiger partial charge in [0, 0.05) is 6.04 Å². The summed E-state index contributed by atoms with van der Waals surface area (Å²) >= 11 is 1.26. The van der Waals surface area contributed by atoms with E-state index >= 15 is 0 Å². The Bertz CT molecular complexity index is 263. The van der Waals surface area contributed by atoms with Gasteiger partial charge in [-0.1, -0.05) is 0 Å². The minimum absolute atomic E-state index is 0.192. The molecule has 1 N–H and O–H groups in total. The molecule has 1 fully saturated rings. The Hall–Kier alpha value is -1.04. The highest BCUT2D eigenvalue weighted by Crippen LogP contribution is 2.16. The maximum absolute atomic E-state index is 11.3. The van der Waals surface area contributed by atoms with Crippen LogP contribution in [0.1, 0.15) is 13.3 Å². The molecule has 1 aliphatic rings. The molecular weight excluding hydrogens is 206 g/mol. The number of carboxylic acids is 1. The second-order valence-electron chi connectivity index (χ2n) is 3.10. The molecule has 2 amide bonds. The van der Waals surface area contributed by atoms with E-state index in [0.717, 1.165) is 4.90 Å². The average Bonchev–Trinajstić information content (AvgIpc) is 2.01. The summed E-state index contributed by atoms with van der Waals surface area (Å²) in [6.45, 7) is 1.57. The van der Waals surface area contributed by atoms with Crippen molar-refractivity contribution in [2.45, 2.75) is 19.4 Å². The normalized spacial score (nSPS) is 19.6. The molecule has 0 bridgehead atoms. The number of amides is 2. The Balaban J connectivity index is 2.67. The third-order valence-electron chi connectivity index (χ3n) is 1.90. The summed E-state index contributed by atoms with van der Waals surface area (Å²) in [4.78, 5) is 34.1. The van der Waals surface area contributed by atoms with Crippen molar-refractivity contribution in [3.8, 4) is 0 Å². The van der Waals surface area contributed by atoms with Crippen molar-refractivity contribution in [3.63, 3.8) is 0 Å². The molecule has 1 rings (SSSR count). The van der Waals surface area contributed by atoms with Crippen molar-refractivity contribution in [1.29, 1.82) is 0 Å². The molecular formula is C8H11NO4S. The summed E-state index contributed by atoms with van der Waals surface area (Å²) in [6.07, 6.45) is -0.192. The fourth-order valence-electron chi connectivity index (χ4n) is 1.34. The second kappa shape index (κ2) is 4.45. The van der Waals surface area contributed by atoms with Crippen LogP contribution in [0.4, 0.5) is 0 Å². The third kappa shape index (κ3) is 2.47. The minimum atomic E-state index is -1.00. The number of aliphatic carboxylic acids is 1. The van der Waals surface area contributed by atoms with Gasteiger partial charge in [0.15, 0.2) is 0 Å². The van der Waals surface area contributed by atoms with Crippen LogP contribution in [0.3, 0.4) is 0 Å². The quantitative estimate of drug-likeness (QED) is 0.671. The van der Waals surface area contributed by atoms with Crippen LogP contribution >= 0.6 is 11.8 Å². The van der Waals surface area contributed by atoms with Gasteiger partial charge in [-0.05, 0) is 6.92 Å². The number of nitrogens with zero attached hydrogens (tertiary/aromatic N) is 1. The number of rotatable bonds is 3. The van der Waals surface area contributed by atoms with Crippen LogP contribution in [0.25, 0.3) is 0 Å². The molecule has 0 aromatic carbocycles. The molecule has 5 nitrogen and oxygen atoms in total. The number of thioether (sulfide) groups is 1. The minimum Gasteiger partial charge on any atom is -0.481 e. The van der Waals surface area contributed by atoms with Gasteiger partial charge in [-0.2, -0.15) is 0 Å². The first kappa shape index (κ1) is 11.0. The van der Waals surface area contributed by atoms with E-state index in [2.05, 4.69) is 0 Å². The van der Waals surface area contributed by atoms with Crippen LogP contribution in [0, 0.1) is 0 Å². The lowest BCUT2D eigenvalue weighted by atomic mass is 10.2. The SMILES string of the molecule is CC(CC(=O)O)N1C(=O)CSCC1=O. The van der Waals surface area contributed by atoms with E-state index in [1.807, 2.05) is 0 Å². The van der Waals surface area contributed by atoms with E-state index in [-0.39, 0.29) is 29.7 Å². The molecule has 0 radical (unpaired) electrons. The summed E-state index contributed by atoms with van der Waals surface area (Å²) in [6, 6.07) is -0.548. The van der Waals surface area contributed by atoms with Crippen LogP contribution in [0.2, 0.25) is 0 Å². The Kier molecular flexibility index (Phi) is 3.51. The van der Waals surface area contributed by atoms with Crippen LogP contribution in [-0.4, -0.2) is 45.3 Å². The van der Waals surface area contributed by atoms with Crippen LogP contribution in [0.15, 0.2) is 0 Å². The van der Waals surface area contributed by atoms with Gasteiger partial charge in [0.25, 0.3) is 0 Å². The molecule has 78 valence electrons. The number of carbonyl (C=O) groups excluding carboxylic acids is 2. The zero-order valence-electron chi connectivity index (χ0n) is 7.73. The van der Waals surface area contributed by atoms with Gasteiger partial charge in [-0.3, -0.25) is 19.3 Å². The van der Waals surface area contributed by atoms with E-state index in [1.54, 1.807) is 6.92 Å². The van der Waals surface area contributed by atoms with E-state index in [9.17, 15) is 14.4 Å². The molecule has 1 heterocycles. The van der Waals surface area contributed by atoms with Gasteiger partial charge in [-0.25, -0.2) is 0 Å². The molecule has 0 aromatic heterocycles. The monoisotopic (exact) mass is 217 g/mol. The predicted octanol–water partition coefficient (Wildman–Crippen LogP) is -0.0484. The summed E-state index contributed by atoms with van der Waals surface area (Å²) < 4.78 is 0. The first-order valence-corrected chi connectivity index (χ1v) is 5.32.